The summed E-state index contributed by atoms with van der Waals surface area (Å²) in [6.07, 6.45) is 0. The van der Waals surface area contributed by atoms with E-state index in [0.29, 0.717) is 23.3 Å². The van der Waals surface area contributed by atoms with E-state index in [1.165, 1.54) is 0 Å². The SMILES string of the molecule is c1ccc(-c2cc(-c3cccc4c3-c3ccc(-c5nc(-c6ccccc6)nc(-c6ccccc6)n5)cc3C43c4ccccc4Oc4ccccc43)nc(-c3ccccc3)n2)cc1. The molecule has 6 nitrogen and oxygen atoms in total. The lowest BCUT2D eigenvalue weighted by molar-refractivity contribution is 0.436. The van der Waals surface area contributed by atoms with Crippen molar-refractivity contribution in [2.45, 2.75) is 5.41 Å². The molecule has 2 aliphatic rings. The van der Waals surface area contributed by atoms with Gasteiger partial charge in [0.1, 0.15) is 11.5 Å². The Balaban J connectivity index is 1.15. The van der Waals surface area contributed by atoms with E-state index in [9.17, 15) is 0 Å². The van der Waals surface area contributed by atoms with Gasteiger partial charge in [0, 0.05) is 44.5 Å². The van der Waals surface area contributed by atoms with Gasteiger partial charge in [0.2, 0.25) is 0 Å². The van der Waals surface area contributed by atoms with Crippen LogP contribution in [0.25, 0.3) is 79.2 Å². The van der Waals surface area contributed by atoms with Gasteiger partial charge in [0.15, 0.2) is 23.3 Å². The van der Waals surface area contributed by atoms with E-state index in [4.69, 9.17) is 29.7 Å². The number of fused-ring (bicyclic) bond motifs is 9. The quantitative estimate of drug-likeness (QED) is 0.167. The van der Waals surface area contributed by atoms with Crippen molar-refractivity contribution in [1.82, 2.24) is 24.9 Å². The van der Waals surface area contributed by atoms with Crippen molar-refractivity contribution in [3.63, 3.8) is 0 Å². The molecule has 1 spiro atoms. The van der Waals surface area contributed by atoms with Gasteiger partial charge in [-0.2, -0.15) is 0 Å². The van der Waals surface area contributed by atoms with Crippen LogP contribution in [-0.4, -0.2) is 24.9 Å². The molecule has 8 aromatic carbocycles. The Morgan fingerprint density at radius 3 is 1.31 bits per heavy atom. The molecule has 0 fully saturated rings. The summed E-state index contributed by atoms with van der Waals surface area (Å²) in [7, 11) is 0. The second-order valence-electron chi connectivity index (χ2n) is 15.6. The van der Waals surface area contributed by atoms with E-state index >= 15 is 0 Å². The molecule has 62 heavy (non-hydrogen) atoms. The Morgan fingerprint density at radius 1 is 0.290 bits per heavy atom. The molecule has 0 unspecified atom stereocenters. The second-order valence-corrected chi connectivity index (χ2v) is 15.6. The molecule has 290 valence electrons. The van der Waals surface area contributed by atoms with Crippen LogP contribution < -0.4 is 4.74 Å². The molecular formula is C56H35N5O. The van der Waals surface area contributed by atoms with Crippen LogP contribution in [0.3, 0.4) is 0 Å². The maximum Gasteiger partial charge on any atom is 0.164 e. The third kappa shape index (κ3) is 5.69. The second kappa shape index (κ2) is 14.4. The standard InChI is InChI=1S/C56H35N5O/c1-5-18-36(19-6-1)47-35-48(58-52(57-47)37-20-7-2-8-21-37)42-26-17-29-45-51(42)41-33-32-40(34-46(41)56(45)43-27-13-15-30-49(43)62-50-31-16-14-28-44(50)56)55-60-53(38-22-9-3-10-23-38)59-54(61-55)39-24-11-4-12-25-39/h1-35H. The van der Waals surface area contributed by atoms with E-state index in [2.05, 4.69) is 115 Å². The van der Waals surface area contributed by atoms with Crippen LogP contribution in [0, 0.1) is 0 Å². The van der Waals surface area contributed by atoms with Crippen LogP contribution in [0.4, 0.5) is 0 Å². The first-order valence-corrected chi connectivity index (χ1v) is 20.8. The number of hydrogen-bond donors (Lipinski definition) is 0. The zero-order valence-electron chi connectivity index (χ0n) is 33.4. The van der Waals surface area contributed by atoms with Gasteiger partial charge in [-0.15, -0.1) is 0 Å². The van der Waals surface area contributed by atoms with E-state index in [1.54, 1.807) is 0 Å². The molecule has 0 amide bonds. The lowest BCUT2D eigenvalue weighted by atomic mass is 9.66. The summed E-state index contributed by atoms with van der Waals surface area (Å²) in [5.74, 6) is 4.13. The zero-order chi connectivity index (χ0) is 41.0. The molecule has 0 atom stereocenters. The molecule has 3 heterocycles. The molecular weight excluding hydrogens is 759 g/mol. The van der Waals surface area contributed by atoms with E-state index in [1.807, 2.05) is 97.1 Å². The number of benzene rings is 8. The fourth-order valence-electron chi connectivity index (χ4n) is 9.30. The number of ether oxygens (including phenoxy) is 1. The van der Waals surface area contributed by atoms with Crippen LogP contribution in [0.1, 0.15) is 22.3 Å². The van der Waals surface area contributed by atoms with Crippen molar-refractivity contribution in [3.05, 3.63) is 235 Å². The summed E-state index contributed by atoms with van der Waals surface area (Å²) < 4.78 is 6.73. The van der Waals surface area contributed by atoms with Gasteiger partial charge in [-0.3, -0.25) is 0 Å². The average Bonchev–Trinajstić information content (AvgIpc) is 3.65. The van der Waals surface area contributed by atoms with E-state index < -0.39 is 5.41 Å². The minimum Gasteiger partial charge on any atom is -0.457 e. The molecule has 1 aliphatic heterocycles. The average molecular weight is 794 g/mol. The van der Waals surface area contributed by atoms with Crippen molar-refractivity contribution < 1.29 is 4.74 Å². The highest BCUT2D eigenvalue weighted by atomic mass is 16.5. The molecule has 0 saturated heterocycles. The summed E-state index contributed by atoms with van der Waals surface area (Å²) >= 11 is 0. The summed E-state index contributed by atoms with van der Waals surface area (Å²) in [6.45, 7) is 0. The number of aromatic nitrogens is 5. The number of rotatable bonds is 6. The van der Waals surface area contributed by atoms with Crippen LogP contribution >= 0.6 is 0 Å². The summed E-state index contributed by atoms with van der Waals surface area (Å²) in [5.41, 5.74) is 13.3. The maximum atomic E-state index is 6.73. The predicted molar refractivity (Wildman–Crippen MR) is 245 cm³/mol. The van der Waals surface area contributed by atoms with Crippen molar-refractivity contribution in [2.24, 2.45) is 0 Å². The molecule has 0 saturated carbocycles. The largest absolute Gasteiger partial charge is 0.457 e. The highest BCUT2D eigenvalue weighted by molar-refractivity contribution is 5.97. The summed E-state index contributed by atoms with van der Waals surface area (Å²) in [6, 6.07) is 73.1. The minimum atomic E-state index is -0.753. The smallest absolute Gasteiger partial charge is 0.164 e. The van der Waals surface area contributed by atoms with Crippen molar-refractivity contribution >= 4 is 0 Å². The van der Waals surface area contributed by atoms with E-state index in [-0.39, 0.29) is 0 Å². The molecule has 12 rings (SSSR count). The lowest BCUT2D eigenvalue weighted by Gasteiger charge is -2.39. The Morgan fingerprint density at radius 2 is 0.742 bits per heavy atom. The first kappa shape index (κ1) is 35.6. The first-order valence-electron chi connectivity index (χ1n) is 20.8. The molecule has 2 aromatic heterocycles. The Bertz CT molecular complexity index is 3160. The fourth-order valence-corrected chi connectivity index (χ4v) is 9.30. The van der Waals surface area contributed by atoms with Crippen LogP contribution in [0.5, 0.6) is 11.5 Å². The molecule has 0 N–H and O–H groups in total. The summed E-state index contributed by atoms with van der Waals surface area (Å²) in [5, 5.41) is 0. The van der Waals surface area contributed by atoms with Crippen molar-refractivity contribution in [1.29, 1.82) is 0 Å². The van der Waals surface area contributed by atoms with Crippen molar-refractivity contribution in [2.75, 3.05) is 0 Å². The highest BCUT2D eigenvalue weighted by Crippen LogP contribution is 2.63. The molecule has 6 heteroatoms. The topological polar surface area (TPSA) is 73.7 Å². The predicted octanol–water partition coefficient (Wildman–Crippen LogP) is 13.1. The molecule has 0 bridgehead atoms. The molecule has 0 radical (unpaired) electrons. The maximum absolute atomic E-state index is 6.73. The van der Waals surface area contributed by atoms with Crippen LogP contribution in [0.15, 0.2) is 212 Å². The zero-order valence-corrected chi connectivity index (χ0v) is 33.4. The third-order valence-electron chi connectivity index (χ3n) is 12.0. The summed E-state index contributed by atoms with van der Waals surface area (Å²) in [4.78, 5) is 25.8. The van der Waals surface area contributed by atoms with Gasteiger partial charge in [0.25, 0.3) is 0 Å². The third-order valence-corrected chi connectivity index (χ3v) is 12.0. The Labute approximate surface area is 359 Å². The van der Waals surface area contributed by atoms with Crippen LogP contribution in [-0.2, 0) is 5.41 Å². The monoisotopic (exact) mass is 793 g/mol. The molecule has 1 aliphatic carbocycles. The fraction of sp³-hybridized carbons (Fsp3) is 0.0179. The number of nitrogens with zero attached hydrogens (tertiary/aromatic N) is 5. The van der Waals surface area contributed by atoms with Gasteiger partial charge in [0.05, 0.1) is 16.8 Å². The first-order chi connectivity index (χ1) is 30.7. The Kier molecular flexibility index (Phi) is 8.28. The van der Waals surface area contributed by atoms with E-state index in [0.717, 1.165) is 89.6 Å². The van der Waals surface area contributed by atoms with Gasteiger partial charge < -0.3 is 4.74 Å². The molecule has 10 aromatic rings. The van der Waals surface area contributed by atoms with Crippen molar-refractivity contribution in [3.8, 4) is 90.7 Å². The number of para-hydroxylation sites is 2. The minimum absolute atomic E-state index is 0.594. The van der Waals surface area contributed by atoms with Gasteiger partial charge in [-0.25, -0.2) is 24.9 Å². The van der Waals surface area contributed by atoms with Gasteiger partial charge in [-0.1, -0.05) is 188 Å². The Hall–Kier alpha value is -8.35. The van der Waals surface area contributed by atoms with Crippen LogP contribution in [0.2, 0.25) is 0 Å². The van der Waals surface area contributed by atoms with Gasteiger partial charge in [-0.05, 0) is 46.5 Å². The normalized spacial score (nSPS) is 12.8. The number of hydrogen-bond acceptors (Lipinski definition) is 6. The highest BCUT2D eigenvalue weighted by Gasteiger charge is 2.52. The van der Waals surface area contributed by atoms with Gasteiger partial charge >= 0.3 is 0 Å². The lowest BCUT2D eigenvalue weighted by Crippen LogP contribution is -2.32.